The predicted molar refractivity (Wildman–Crippen MR) is 73.8 cm³/mol. The standard InChI is InChI=1S/C13H21N5O/c1-2-15-13(19)11-6-7-12(18-17-11)16-10-5-3-4-9(10)8-14/h6-7,9-10H,2-5,8,14H2,1H3,(H,15,19)(H,16,18). The molecule has 4 N–H and O–H groups in total. The van der Waals surface area contributed by atoms with E-state index in [-0.39, 0.29) is 5.91 Å². The molecule has 1 saturated carbocycles. The zero-order valence-corrected chi connectivity index (χ0v) is 11.2. The quantitative estimate of drug-likeness (QED) is 0.729. The average Bonchev–Trinajstić information content (AvgIpc) is 2.87. The molecule has 19 heavy (non-hydrogen) atoms. The lowest BCUT2D eigenvalue weighted by Gasteiger charge is -2.19. The number of nitrogens with two attached hydrogens (primary N) is 1. The Kier molecular flexibility index (Phi) is 4.68. The number of hydrogen-bond donors (Lipinski definition) is 3. The SMILES string of the molecule is CCNC(=O)c1ccc(NC2CCCC2CN)nn1. The summed E-state index contributed by atoms with van der Waals surface area (Å²) in [5.74, 6) is 1.02. The molecule has 1 aromatic rings. The Morgan fingerprint density at radius 1 is 1.42 bits per heavy atom. The summed E-state index contributed by atoms with van der Waals surface area (Å²) in [6, 6.07) is 3.85. The van der Waals surface area contributed by atoms with Crippen LogP contribution in [0.5, 0.6) is 0 Å². The highest BCUT2D eigenvalue weighted by Crippen LogP contribution is 2.26. The van der Waals surface area contributed by atoms with E-state index in [4.69, 9.17) is 5.73 Å². The van der Waals surface area contributed by atoms with Gasteiger partial charge in [-0.25, -0.2) is 0 Å². The number of nitrogens with zero attached hydrogens (tertiary/aromatic N) is 2. The molecule has 2 atom stereocenters. The Labute approximate surface area is 113 Å². The van der Waals surface area contributed by atoms with Crippen LogP contribution in [0, 0.1) is 5.92 Å². The van der Waals surface area contributed by atoms with Crippen molar-refractivity contribution >= 4 is 11.7 Å². The summed E-state index contributed by atoms with van der Waals surface area (Å²) in [7, 11) is 0. The summed E-state index contributed by atoms with van der Waals surface area (Å²) >= 11 is 0. The number of rotatable bonds is 5. The van der Waals surface area contributed by atoms with E-state index in [1.54, 1.807) is 12.1 Å². The second kappa shape index (κ2) is 6.47. The van der Waals surface area contributed by atoms with Gasteiger partial charge in [-0.3, -0.25) is 4.79 Å². The van der Waals surface area contributed by atoms with Crippen LogP contribution < -0.4 is 16.4 Å². The van der Waals surface area contributed by atoms with Gasteiger partial charge in [-0.15, -0.1) is 10.2 Å². The molecule has 0 radical (unpaired) electrons. The number of nitrogens with one attached hydrogen (secondary N) is 2. The molecule has 1 heterocycles. The van der Waals surface area contributed by atoms with Crippen LogP contribution in [0.1, 0.15) is 36.7 Å². The minimum atomic E-state index is -0.192. The molecule has 0 aliphatic heterocycles. The lowest BCUT2D eigenvalue weighted by molar-refractivity contribution is 0.0950. The molecule has 0 bridgehead atoms. The lowest BCUT2D eigenvalue weighted by Crippen LogP contribution is -2.30. The minimum Gasteiger partial charge on any atom is -0.366 e. The van der Waals surface area contributed by atoms with Crippen LogP contribution in [0.2, 0.25) is 0 Å². The third-order valence-electron chi connectivity index (χ3n) is 3.53. The fourth-order valence-electron chi connectivity index (χ4n) is 2.48. The maximum Gasteiger partial charge on any atom is 0.271 e. The van der Waals surface area contributed by atoms with Crippen molar-refractivity contribution in [3.8, 4) is 0 Å². The summed E-state index contributed by atoms with van der Waals surface area (Å²) in [5, 5.41) is 14.0. The molecule has 1 aliphatic carbocycles. The van der Waals surface area contributed by atoms with E-state index in [1.807, 2.05) is 6.92 Å². The number of anilines is 1. The molecule has 0 saturated heterocycles. The highest BCUT2D eigenvalue weighted by Gasteiger charge is 2.26. The van der Waals surface area contributed by atoms with E-state index < -0.39 is 0 Å². The highest BCUT2D eigenvalue weighted by molar-refractivity contribution is 5.92. The fraction of sp³-hybridized carbons (Fsp3) is 0.615. The number of carbonyl (C=O) groups is 1. The zero-order valence-electron chi connectivity index (χ0n) is 11.2. The molecular formula is C13H21N5O. The number of amides is 1. The van der Waals surface area contributed by atoms with Gasteiger partial charge in [-0.05, 0) is 44.4 Å². The van der Waals surface area contributed by atoms with Gasteiger partial charge in [0.2, 0.25) is 0 Å². The Morgan fingerprint density at radius 3 is 2.89 bits per heavy atom. The first-order valence-electron chi connectivity index (χ1n) is 6.83. The number of hydrogen-bond acceptors (Lipinski definition) is 5. The first-order valence-corrected chi connectivity index (χ1v) is 6.83. The molecule has 104 valence electrons. The van der Waals surface area contributed by atoms with Gasteiger partial charge in [0, 0.05) is 12.6 Å². The smallest absolute Gasteiger partial charge is 0.271 e. The van der Waals surface area contributed by atoms with E-state index in [9.17, 15) is 4.79 Å². The largest absolute Gasteiger partial charge is 0.366 e. The maximum atomic E-state index is 11.5. The van der Waals surface area contributed by atoms with Crippen LogP contribution >= 0.6 is 0 Å². The van der Waals surface area contributed by atoms with Gasteiger partial charge in [0.15, 0.2) is 5.69 Å². The van der Waals surface area contributed by atoms with Crippen LogP contribution in [0.4, 0.5) is 5.82 Å². The van der Waals surface area contributed by atoms with Crippen LogP contribution in [-0.2, 0) is 0 Å². The van der Waals surface area contributed by atoms with Gasteiger partial charge in [-0.2, -0.15) is 0 Å². The molecule has 6 nitrogen and oxygen atoms in total. The Hall–Kier alpha value is -1.69. The molecule has 2 unspecified atom stereocenters. The highest BCUT2D eigenvalue weighted by atomic mass is 16.1. The van der Waals surface area contributed by atoms with Crippen molar-refractivity contribution in [2.24, 2.45) is 11.7 Å². The van der Waals surface area contributed by atoms with Crippen molar-refractivity contribution in [2.75, 3.05) is 18.4 Å². The van der Waals surface area contributed by atoms with Crippen LogP contribution in [-0.4, -0.2) is 35.2 Å². The van der Waals surface area contributed by atoms with E-state index in [2.05, 4.69) is 20.8 Å². The minimum absolute atomic E-state index is 0.192. The summed E-state index contributed by atoms with van der Waals surface area (Å²) in [4.78, 5) is 11.5. The molecule has 6 heteroatoms. The van der Waals surface area contributed by atoms with Crippen molar-refractivity contribution in [3.63, 3.8) is 0 Å². The molecule has 1 amide bonds. The van der Waals surface area contributed by atoms with E-state index >= 15 is 0 Å². The van der Waals surface area contributed by atoms with Crippen molar-refractivity contribution in [1.82, 2.24) is 15.5 Å². The first kappa shape index (κ1) is 13.7. The average molecular weight is 263 g/mol. The molecule has 2 rings (SSSR count). The van der Waals surface area contributed by atoms with Crippen molar-refractivity contribution in [2.45, 2.75) is 32.2 Å². The normalized spacial score (nSPS) is 22.2. The molecule has 0 aromatic carbocycles. The van der Waals surface area contributed by atoms with E-state index in [0.29, 0.717) is 36.6 Å². The molecule has 0 spiro atoms. The third-order valence-corrected chi connectivity index (χ3v) is 3.53. The monoisotopic (exact) mass is 263 g/mol. The first-order chi connectivity index (χ1) is 9.24. The van der Waals surface area contributed by atoms with Gasteiger partial charge in [0.05, 0.1) is 0 Å². The molecular weight excluding hydrogens is 242 g/mol. The van der Waals surface area contributed by atoms with Crippen LogP contribution in [0.15, 0.2) is 12.1 Å². The van der Waals surface area contributed by atoms with Crippen LogP contribution in [0.3, 0.4) is 0 Å². The molecule has 1 aliphatic rings. The Bertz CT molecular complexity index is 420. The fourth-order valence-corrected chi connectivity index (χ4v) is 2.48. The lowest BCUT2D eigenvalue weighted by atomic mass is 10.0. The van der Waals surface area contributed by atoms with Gasteiger partial charge in [0.1, 0.15) is 5.82 Å². The van der Waals surface area contributed by atoms with E-state index in [0.717, 1.165) is 6.42 Å². The zero-order chi connectivity index (χ0) is 13.7. The predicted octanol–water partition coefficient (Wildman–Crippen LogP) is 0.766. The van der Waals surface area contributed by atoms with E-state index in [1.165, 1.54) is 12.8 Å². The van der Waals surface area contributed by atoms with Crippen molar-refractivity contribution in [1.29, 1.82) is 0 Å². The second-order valence-electron chi connectivity index (χ2n) is 4.84. The summed E-state index contributed by atoms with van der Waals surface area (Å²) in [6.45, 7) is 3.15. The van der Waals surface area contributed by atoms with Crippen molar-refractivity contribution < 1.29 is 4.79 Å². The third kappa shape index (κ3) is 3.41. The van der Waals surface area contributed by atoms with Crippen LogP contribution in [0.25, 0.3) is 0 Å². The maximum absolute atomic E-state index is 11.5. The van der Waals surface area contributed by atoms with Crippen molar-refractivity contribution in [3.05, 3.63) is 17.8 Å². The van der Waals surface area contributed by atoms with Gasteiger partial charge < -0.3 is 16.4 Å². The molecule has 1 fully saturated rings. The Morgan fingerprint density at radius 2 is 2.26 bits per heavy atom. The van der Waals surface area contributed by atoms with Gasteiger partial charge in [-0.1, -0.05) is 6.42 Å². The van der Waals surface area contributed by atoms with Gasteiger partial charge >= 0.3 is 0 Å². The summed E-state index contributed by atoms with van der Waals surface area (Å²) in [6.07, 6.45) is 3.48. The summed E-state index contributed by atoms with van der Waals surface area (Å²) in [5.41, 5.74) is 6.09. The van der Waals surface area contributed by atoms with Gasteiger partial charge in [0.25, 0.3) is 5.91 Å². The summed E-state index contributed by atoms with van der Waals surface area (Å²) < 4.78 is 0. The molecule has 1 aromatic heterocycles. The number of carbonyl (C=O) groups excluding carboxylic acids is 1. The number of aromatic nitrogens is 2. The Balaban J connectivity index is 1.97. The topological polar surface area (TPSA) is 92.9 Å². The second-order valence-corrected chi connectivity index (χ2v) is 4.84.